The van der Waals surface area contributed by atoms with Gasteiger partial charge in [-0.15, -0.1) is 0 Å². The maximum atomic E-state index is 4.49. The number of anilines is 1. The summed E-state index contributed by atoms with van der Waals surface area (Å²) in [5.74, 6) is 1.16. The van der Waals surface area contributed by atoms with Crippen LogP contribution in [0.2, 0.25) is 0 Å². The molecule has 0 radical (unpaired) electrons. The third-order valence-electron chi connectivity index (χ3n) is 3.04. The van der Waals surface area contributed by atoms with E-state index in [4.69, 9.17) is 0 Å². The minimum Gasteiger partial charge on any atom is -0.357 e. The van der Waals surface area contributed by atoms with Gasteiger partial charge in [-0.2, -0.15) is 0 Å². The molecule has 0 aromatic carbocycles. The van der Waals surface area contributed by atoms with E-state index in [1.54, 1.807) is 0 Å². The fraction of sp³-hybridized carbons (Fsp3) is 0.583. The lowest BCUT2D eigenvalue weighted by atomic mass is 10.1. The van der Waals surface area contributed by atoms with Crippen molar-refractivity contribution in [2.45, 2.75) is 33.1 Å². The summed E-state index contributed by atoms with van der Waals surface area (Å²) in [6.45, 7) is 6.62. The zero-order valence-electron chi connectivity index (χ0n) is 9.08. The van der Waals surface area contributed by atoms with Crippen molar-refractivity contribution in [1.82, 2.24) is 4.98 Å². The monoisotopic (exact) mass is 190 g/mol. The number of aromatic nitrogens is 1. The molecule has 0 atom stereocenters. The Hall–Kier alpha value is -1.05. The molecule has 76 valence electrons. The van der Waals surface area contributed by atoms with Gasteiger partial charge in [-0.1, -0.05) is 0 Å². The molecule has 1 aromatic heterocycles. The average molecular weight is 190 g/mol. The SMILES string of the molecule is Cc1cnc(N2CCCCC2)cc1C. The van der Waals surface area contributed by atoms with Crippen LogP contribution in [0.3, 0.4) is 0 Å². The van der Waals surface area contributed by atoms with E-state index in [-0.39, 0.29) is 0 Å². The van der Waals surface area contributed by atoms with Crippen LogP contribution in [-0.4, -0.2) is 18.1 Å². The van der Waals surface area contributed by atoms with Gasteiger partial charge in [0, 0.05) is 19.3 Å². The Balaban J connectivity index is 2.18. The minimum absolute atomic E-state index is 1.16. The Labute approximate surface area is 86.0 Å². The molecule has 1 saturated heterocycles. The standard InChI is InChI=1S/C12H18N2/c1-10-8-12(13-9-11(10)2)14-6-4-3-5-7-14/h8-9H,3-7H2,1-2H3. The molecular weight excluding hydrogens is 172 g/mol. The van der Waals surface area contributed by atoms with Crippen LogP contribution in [0.5, 0.6) is 0 Å². The second kappa shape index (κ2) is 3.99. The van der Waals surface area contributed by atoms with E-state index < -0.39 is 0 Å². The Morgan fingerprint density at radius 1 is 1.07 bits per heavy atom. The Kier molecular flexibility index (Phi) is 2.71. The van der Waals surface area contributed by atoms with E-state index >= 15 is 0 Å². The Morgan fingerprint density at radius 3 is 2.43 bits per heavy atom. The lowest BCUT2D eigenvalue weighted by Crippen LogP contribution is -2.30. The molecule has 0 N–H and O–H groups in total. The van der Waals surface area contributed by atoms with Crippen molar-refractivity contribution >= 4 is 5.82 Å². The van der Waals surface area contributed by atoms with Gasteiger partial charge >= 0.3 is 0 Å². The fourth-order valence-electron chi connectivity index (χ4n) is 1.91. The van der Waals surface area contributed by atoms with E-state index in [0.29, 0.717) is 0 Å². The summed E-state index contributed by atoms with van der Waals surface area (Å²) in [5.41, 5.74) is 2.63. The summed E-state index contributed by atoms with van der Waals surface area (Å²) in [6.07, 6.45) is 5.99. The number of hydrogen-bond donors (Lipinski definition) is 0. The van der Waals surface area contributed by atoms with Gasteiger partial charge in [0.15, 0.2) is 0 Å². The normalized spacial score (nSPS) is 17.1. The molecule has 0 aliphatic carbocycles. The second-order valence-electron chi connectivity index (χ2n) is 4.17. The van der Waals surface area contributed by atoms with Crippen LogP contribution >= 0.6 is 0 Å². The van der Waals surface area contributed by atoms with E-state index in [0.717, 1.165) is 5.82 Å². The first-order valence-corrected chi connectivity index (χ1v) is 5.45. The molecular formula is C12H18N2. The highest BCUT2D eigenvalue weighted by molar-refractivity contribution is 5.43. The third-order valence-corrected chi connectivity index (χ3v) is 3.04. The molecule has 0 spiro atoms. The molecule has 0 amide bonds. The molecule has 1 aliphatic rings. The van der Waals surface area contributed by atoms with Crippen molar-refractivity contribution in [3.8, 4) is 0 Å². The molecule has 0 saturated carbocycles. The van der Waals surface area contributed by atoms with Crippen LogP contribution in [0, 0.1) is 13.8 Å². The summed E-state index contributed by atoms with van der Waals surface area (Å²) in [5, 5.41) is 0. The fourth-order valence-corrected chi connectivity index (χ4v) is 1.91. The molecule has 0 unspecified atom stereocenters. The molecule has 2 heteroatoms. The summed E-state index contributed by atoms with van der Waals surface area (Å²) in [6, 6.07) is 2.21. The van der Waals surface area contributed by atoms with Crippen molar-refractivity contribution in [2.75, 3.05) is 18.0 Å². The zero-order valence-corrected chi connectivity index (χ0v) is 9.08. The number of nitrogens with zero attached hydrogens (tertiary/aromatic N) is 2. The number of aryl methyl sites for hydroxylation is 2. The highest BCUT2D eigenvalue weighted by Gasteiger charge is 2.11. The predicted molar refractivity (Wildman–Crippen MR) is 59.8 cm³/mol. The molecule has 2 nitrogen and oxygen atoms in total. The van der Waals surface area contributed by atoms with Crippen molar-refractivity contribution in [3.05, 3.63) is 23.4 Å². The largest absolute Gasteiger partial charge is 0.357 e. The van der Waals surface area contributed by atoms with Crippen LogP contribution < -0.4 is 4.90 Å². The molecule has 2 heterocycles. The van der Waals surface area contributed by atoms with Gasteiger partial charge < -0.3 is 4.90 Å². The maximum Gasteiger partial charge on any atom is 0.128 e. The van der Waals surface area contributed by atoms with Crippen molar-refractivity contribution < 1.29 is 0 Å². The quantitative estimate of drug-likeness (QED) is 0.677. The van der Waals surface area contributed by atoms with Crippen molar-refractivity contribution in [3.63, 3.8) is 0 Å². The van der Waals surface area contributed by atoms with E-state index in [9.17, 15) is 0 Å². The highest BCUT2D eigenvalue weighted by atomic mass is 15.2. The van der Waals surface area contributed by atoms with Gasteiger partial charge in [0.05, 0.1) is 0 Å². The van der Waals surface area contributed by atoms with Crippen LogP contribution in [0.25, 0.3) is 0 Å². The predicted octanol–water partition coefficient (Wildman–Crippen LogP) is 2.69. The van der Waals surface area contributed by atoms with Gasteiger partial charge in [-0.05, 0) is 50.3 Å². The Bertz CT molecular complexity index is 314. The first kappa shape index (κ1) is 9.50. The van der Waals surface area contributed by atoms with Crippen molar-refractivity contribution in [2.24, 2.45) is 0 Å². The van der Waals surface area contributed by atoms with Crippen LogP contribution in [0.15, 0.2) is 12.3 Å². The topological polar surface area (TPSA) is 16.1 Å². The maximum absolute atomic E-state index is 4.49. The van der Waals surface area contributed by atoms with Crippen LogP contribution in [-0.2, 0) is 0 Å². The first-order chi connectivity index (χ1) is 6.77. The van der Waals surface area contributed by atoms with Gasteiger partial charge in [0.25, 0.3) is 0 Å². The summed E-state index contributed by atoms with van der Waals surface area (Å²) in [4.78, 5) is 6.89. The average Bonchev–Trinajstić information content (AvgIpc) is 2.23. The molecule has 1 aliphatic heterocycles. The number of piperidine rings is 1. The number of hydrogen-bond acceptors (Lipinski definition) is 2. The zero-order chi connectivity index (χ0) is 9.97. The number of rotatable bonds is 1. The summed E-state index contributed by atoms with van der Waals surface area (Å²) in [7, 11) is 0. The molecule has 2 rings (SSSR count). The lowest BCUT2D eigenvalue weighted by Gasteiger charge is -2.28. The van der Waals surface area contributed by atoms with Gasteiger partial charge in [-0.3, -0.25) is 0 Å². The lowest BCUT2D eigenvalue weighted by molar-refractivity contribution is 0.573. The van der Waals surface area contributed by atoms with Crippen LogP contribution in [0.1, 0.15) is 30.4 Å². The highest BCUT2D eigenvalue weighted by Crippen LogP contribution is 2.19. The third kappa shape index (κ3) is 1.89. The van der Waals surface area contributed by atoms with Crippen LogP contribution in [0.4, 0.5) is 5.82 Å². The molecule has 1 fully saturated rings. The van der Waals surface area contributed by atoms with Gasteiger partial charge in [0.1, 0.15) is 5.82 Å². The second-order valence-corrected chi connectivity index (χ2v) is 4.17. The first-order valence-electron chi connectivity index (χ1n) is 5.45. The number of pyridine rings is 1. The van der Waals surface area contributed by atoms with E-state index in [1.807, 2.05) is 6.20 Å². The van der Waals surface area contributed by atoms with Crippen molar-refractivity contribution in [1.29, 1.82) is 0 Å². The van der Waals surface area contributed by atoms with Gasteiger partial charge in [0.2, 0.25) is 0 Å². The van der Waals surface area contributed by atoms with Gasteiger partial charge in [-0.25, -0.2) is 4.98 Å². The molecule has 14 heavy (non-hydrogen) atoms. The molecule has 1 aromatic rings. The summed E-state index contributed by atoms with van der Waals surface area (Å²) >= 11 is 0. The minimum atomic E-state index is 1.16. The van der Waals surface area contributed by atoms with E-state index in [2.05, 4.69) is 29.8 Å². The smallest absolute Gasteiger partial charge is 0.128 e. The summed E-state index contributed by atoms with van der Waals surface area (Å²) < 4.78 is 0. The molecule has 0 bridgehead atoms. The Morgan fingerprint density at radius 2 is 1.79 bits per heavy atom. The van der Waals surface area contributed by atoms with E-state index in [1.165, 1.54) is 43.5 Å².